The second kappa shape index (κ2) is 10.6. The number of aromatic nitrogens is 4. The number of aliphatic hydroxyl groups excluding tert-OH is 2. The summed E-state index contributed by atoms with van der Waals surface area (Å²) in [6.07, 6.45) is -2.35. The maximum absolute atomic E-state index is 11.0. The Morgan fingerprint density at radius 1 is 0.973 bits per heavy atom. The summed E-state index contributed by atoms with van der Waals surface area (Å²) in [5.41, 5.74) is 3.05. The average molecular weight is 527 g/mol. The molecule has 194 valence electrons. The summed E-state index contributed by atoms with van der Waals surface area (Å²) in [5, 5.41) is 24.2. The molecule has 0 amide bonds. The first kappa shape index (κ1) is 25.4. The highest BCUT2D eigenvalue weighted by Crippen LogP contribution is 2.39. The summed E-state index contributed by atoms with van der Waals surface area (Å²) in [4.78, 5) is 30.9. The standard InChI is InChI=1S/C24H26N5O7P/c30-20-18(12-35-37(32,33)34)36-24(21(20)31)29-14-28-19-22(26-13-27-23(19)29)25-11-17(15-7-3-1-4-8-15)16-9-5-2-6-10-16/h1-10,13-14,17-18,20-21,24,30-31H,11-12H2,(H,25,26,27)(H2,32,33,34)/t18-,20-,21-,24-/m1/s1. The molecule has 12 nitrogen and oxygen atoms in total. The van der Waals surface area contributed by atoms with E-state index in [1.165, 1.54) is 17.2 Å². The molecule has 1 aliphatic rings. The number of phosphoric acid groups is 1. The molecule has 1 aliphatic heterocycles. The summed E-state index contributed by atoms with van der Waals surface area (Å²) in [7, 11) is -4.77. The number of rotatable bonds is 9. The van der Waals surface area contributed by atoms with Gasteiger partial charge >= 0.3 is 7.82 Å². The average Bonchev–Trinajstić information content (AvgIpc) is 3.45. The molecular formula is C24H26N5O7P. The van der Waals surface area contributed by atoms with Crippen LogP contribution in [0.5, 0.6) is 0 Å². The van der Waals surface area contributed by atoms with E-state index in [1.54, 1.807) is 0 Å². The summed E-state index contributed by atoms with van der Waals surface area (Å²) in [6, 6.07) is 20.2. The number of fused-ring (bicyclic) bond motifs is 1. The normalized spacial score (nSPS) is 22.1. The predicted octanol–water partition coefficient (Wildman–Crippen LogP) is 1.80. The van der Waals surface area contributed by atoms with Crippen LogP contribution in [0.25, 0.3) is 11.2 Å². The van der Waals surface area contributed by atoms with Crippen LogP contribution in [0.1, 0.15) is 23.3 Å². The third-order valence-corrected chi connectivity index (χ3v) is 6.74. The molecule has 0 aliphatic carbocycles. The van der Waals surface area contributed by atoms with Gasteiger partial charge in [-0.1, -0.05) is 60.7 Å². The van der Waals surface area contributed by atoms with E-state index in [0.717, 1.165) is 11.1 Å². The second-order valence-corrected chi connectivity index (χ2v) is 9.87. The van der Waals surface area contributed by atoms with E-state index >= 15 is 0 Å². The zero-order chi connectivity index (χ0) is 26.0. The Hall–Kier alpha value is -3.22. The van der Waals surface area contributed by atoms with Crippen molar-refractivity contribution in [2.24, 2.45) is 0 Å². The van der Waals surface area contributed by atoms with E-state index in [1.807, 2.05) is 36.4 Å². The van der Waals surface area contributed by atoms with Crippen molar-refractivity contribution in [3.8, 4) is 0 Å². The number of aliphatic hydroxyl groups is 2. The zero-order valence-electron chi connectivity index (χ0n) is 19.5. The Morgan fingerprint density at radius 2 is 1.62 bits per heavy atom. The first-order valence-corrected chi connectivity index (χ1v) is 13.1. The Bertz CT molecular complexity index is 1340. The molecule has 4 atom stereocenters. The fraction of sp³-hybridized carbons (Fsp3) is 0.292. The van der Waals surface area contributed by atoms with Crippen molar-refractivity contribution in [2.45, 2.75) is 30.5 Å². The van der Waals surface area contributed by atoms with Gasteiger partial charge in [0.15, 0.2) is 23.2 Å². The Labute approximate surface area is 211 Å². The van der Waals surface area contributed by atoms with Gasteiger partial charge in [0.2, 0.25) is 0 Å². The number of anilines is 1. The molecule has 5 N–H and O–H groups in total. The van der Waals surface area contributed by atoms with Gasteiger partial charge in [-0.15, -0.1) is 0 Å². The minimum atomic E-state index is -4.77. The van der Waals surface area contributed by atoms with Crippen molar-refractivity contribution in [2.75, 3.05) is 18.5 Å². The minimum Gasteiger partial charge on any atom is -0.387 e. The van der Waals surface area contributed by atoms with Gasteiger partial charge in [-0.3, -0.25) is 9.09 Å². The van der Waals surface area contributed by atoms with Gasteiger partial charge in [0.1, 0.15) is 24.6 Å². The number of phosphoric ester groups is 1. The molecule has 2 aromatic carbocycles. The third-order valence-electron chi connectivity index (χ3n) is 6.25. The van der Waals surface area contributed by atoms with Crippen molar-refractivity contribution in [1.82, 2.24) is 19.5 Å². The molecular weight excluding hydrogens is 501 g/mol. The highest BCUT2D eigenvalue weighted by Gasteiger charge is 2.45. The number of hydrogen-bond acceptors (Lipinski definition) is 9. The van der Waals surface area contributed by atoms with E-state index in [2.05, 4.69) is 49.1 Å². The number of ether oxygens (including phenoxy) is 1. The van der Waals surface area contributed by atoms with Crippen LogP contribution in [-0.4, -0.2) is 71.0 Å². The molecule has 1 fully saturated rings. The van der Waals surface area contributed by atoms with E-state index < -0.39 is 39.0 Å². The molecule has 37 heavy (non-hydrogen) atoms. The lowest BCUT2D eigenvalue weighted by Gasteiger charge is -2.19. The van der Waals surface area contributed by atoms with Crippen molar-refractivity contribution < 1.29 is 33.8 Å². The lowest BCUT2D eigenvalue weighted by atomic mass is 9.91. The molecule has 5 rings (SSSR count). The third kappa shape index (κ3) is 5.55. The zero-order valence-corrected chi connectivity index (χ0v) is 20.4. The van der Waals surface area contributed by atoms with Crippen LogP contribution < -0.4 is 5.32 Å². The van der Waals surface area contributed by atoms with Crippen molar-refractivity contribution in [3.05, 3.63) is 84.4 Å². The van der Waals surface area contributed by atoms with Gasteiger partial charge < -0.3 is 30.1 Å². The fourth-order valence-corrected chi connectivity index (χ4v) is 4.77. The van der Waals surface area contributed by atoms with E-state index in [9.17, 15) is 14.8 Å². The van der Waals surface area contributed by atoms with Crippen LogP contribution in [0.15, 0.2) is 73.3 Å². The number of hydrogen-bond donors (Lipinski definition) is 5. The van der Waals surface area contributed by atoms with E-state index in [-0.39, 0.29) is 5.92 Å². The molecule has 3 heterocycles. The molecule has 0 saturated carbocycles. The van der Waals surface area contributed by atoms with Gasteiger partial charge in [-0.2, -0.15) is 0 Å². The number of imidazole rings is 1. The SMILES string of the molecule is O=P(O)(O)OC[C@H]1O[C@@H](n2cnc3c(NCC(c4ccccc4)c4ccccc4)ncnc32)[C@H](O)[C@@H]1O. The lowest BCUT2D eigenvalue weighted by Crippen LogP contribution is -2.33. The van der Waals surface area contributed by atoms with Crippen LogP contribution in [0.4, 0.5) is 5.82 Å². The Kier molecular flexibility index (Phi) is 7.31. The summed E-state index contributed by atoms with van der Waals surface area (Å²) >= 11 is 0. The van der Waals surface area contributed by atoms with E-state index in [0.29, 0.717) is 23.5 Å². The fourth-order valence-electron chi connectivity index (χ4n) is 4.43. The maximum atomic E-state index is 11.0. The highest BCUT2D eigenvalue weighted by molar-refractivity contribution is 7.46. The van der Waals surface area contributed by atoms with Gasteiger partial charge in [0.25, 0.3) is 0 Å². The summed E-state index contributed by atoms with van der Waals surface area (Å²) in [5.74, 6) is 0.523. The topological polar surface area (TPSA) is 172 Å². The van der Waals surface area contributed by atoms with Gasteiger partial charge in [-0.25, -0.2) is 19.5 Å². The van der Waals surface area contributed by atoms with Crippen LogP contribution in [0.3, 0.4) is 0 Å². The van der Waals surface area contributed by atoms with E-state index in [4.69, 9.17) is 14.5 Å². The Morgan fingerprint density at radius 3 is 2.24 bits per heavy atom. The van der Waals surface area contributed by atoms with Crippen molar-refractivity contribution in [1.29, 1.82) is 0 Å². The molecule has 0 radical (unpaired) electrons. The minimum absolute atomic E-state index is 0.0411. The largest absolute Gasteiger partial charge is 0.469 e. The van der Waals surface area contributed by atoms with Crippen LogP contribution in [0, 0.1) is 0 Å². The highest BCUT2D eigenvalue weighted by atomic mass is 31.2. The van der Waals surface area contributed by atoms with Gasteiger partial charge in [-0.05, 0) is 11.1 Å². The van der Waals surface area contributed by atoms with Crippen LogP contribution in [-0.2, 0) is 13.8 Å². The molecule has 2 aromatic heterocycles. The second-order valence-electron chi connectivity index (χ2n) is 8.63. The predicted molar refractivity (Wildman–Crippen MR) is 132 cm³/mol. The molecule has 0 spiro atoms. The Balaban J connectivity index is 1.38. The number of benzene rings is 2. The number of nitrogens with one attached hydrogen (secondary N) is 1. The van der Waals surface area contributed by atoms with Crippen LogP contribution in [0.2, 0.25) is 0 Å². The molecule has 4 aromatic rings. The number of nitrogens with zero attached hydrogens (tertiary/aromatic N) is 4. The van der Waals surface area contributed by atoms with Crippen molar-refractivity contribution in [3.63, 3.8) is 0 Å². The van der Waals surface area contributed by atoms with Gasteiger partial charge in [0, 0.05) is 12.5 Å². The van der Waals surface area contributed by atoms with Gasteiger partial charge in [0.05, 0.1) is 12.9 Å². The first-order valence-electron chi connectivity index (χ1n) is 11.5. The first-order chi connectivity index (χ1) is 17.8. The lowest BCUT2D eigenvalue weighted by molar-refractivity contribution is -0.0504. The quantitative estimate of drug-likeness (QED) is 0.201. The molecule has 0 unspecified atom stereocenters. The smallest absolute Gasteiger partial charge is 0.387 e. The maximum Gasteiger partial charge on any atom is 0.469 e. The molecule has 1 saturated heterocycles. The summed E-state index contributed by atoms with van der Waals surface area (Å²) < 4.78 is 22.6. The van der Waals surface area contributed by atoms with Crippen molar-refractivity contribution >= 4 is 24.8 Å². The van der Waals surface area contributed by atoms with Crippen LogP contribution >= 0.6 is 7.82 Å². The monoisotopic (exact) mass is 527 g/mol. The molecule has 13 heteroatoms. The summed E-state index contributed by atoms with van der Waals surface area (Å²) in [6.45, 7) is -0.0795. The molecule has 0 bridgehead atoms.